The SMILES string of the molecule is COc1ccc(-n2c(C)nnc2SCC(=O)NCCNC(C)=O)cc1. The maximum absolute atomic E-state index is 11.9. The van der Waals surface area contributed by atoms with Gasteiger partial charge in [0.15, 0.2) is 5.16 Å². The monoisotopic (exact) mass is 363 g/mol. The maximum Gasteiger partial charge on any atom is 0.230 e. The van der Waals surface area contributed by atoms with Gasteiger partial charge in [0.1, 0.15) is 11.6 Å². The summed E-state index contributed by atoms with van der Waals surface area (Å²) in [6.45, 7) is 4.09. The molecule has 1 aromatic heterocycles. The number of carbonyl (C=O) groups is 2. The first kappa shape index (κ1) is 18.8. The van der Waals surface area contributed by atoms with Gasteiger partial charge in [-0.15, -0.1) is 10.2 Å². The molecule has 2 amide bonds. The minimum absolute atomic E-state index is 0.119. The van der Waals surface area contributed by atoms with E-state index in [9.17, 15) is 9.59 Å². The van der Waals surface area contributed by atoms with Crippen LogP contribution in [0.4, 0.5) is 0 Å². The average Bonchev–Trinajstić information content (AvgIpc) is 2.97. The summed E-state index contributed by atoms with van der Waals surface area (Å²) in [5, 5.41) is 14.2. The number of amides is 2. The number of aryl methyl sites for hydroxylation is 1. The molecular formula is C16H21N5O3S. The van der Waals surface area contributed by atoms with Gasteiger partial charge < -0.3 is 15.4 Å². The van der Waals surface area contributed by atoms with Gasteiger partial charge in [0.05, 0.1) is 12.9 Å². The van der Waals surface area contributed by atoms with Crippen LogP contribution in [0.5, 0.6) is 5.75 Å². The van der Waals surface area contributed by atoms with Gasteiger partial charge in [0.2, 0.25) is 11.8 Å². The largest absolute Gasteiger partial charge is 0.497 e. The number of aromatic nitrogens is 3. The zero-order chi connectivity index (χ0) is 18.2. The molecular weight excluding hydrogens is 342 g/mol. The second kappa shape index (κ2) is 9.07. The van der Waals surface area contributed by atoms with E-state index in [0.29, 0.717) is 18.2 Å². The Kier molecular flexibility index (Phi) is 6.81. The molecule has 134 valence electrons. The fraction of sp³-hybridized carbons (Fsp3) is 0.375. The molecule has 0 aliphatic heterocycles. The fourth-order valence-corrected chi connectivity index (χ4v) is 2.91. The van der Waals surface area contributed by atoms with E-state index in [1.807, 2.05) is 35.8 Å². The van der Waals surface area contributed by atoms with E-state index in [2.05, 4.69) is 20.8 Å². The Morgan fingerprint density at radius 2 is 1.84 bits per heavy atom. The van der Waals surface area contributed by atoms with E-state index < -0.39 is 0 Å². The van der Waals surface area contributed by atoms with Gasteiger partial charge in [-0.3, -0.25) is 14.2 Å². The molecule has 0 radical (unpaired) electrons. The van der Waals surface area contributed by atoms with Crippen LogP contribution in [-0.4, -0.2) is 52.5 Å². The van der Waals surface area contributed by atoms with Gasteiger partial charge in [-0.2, -0.15) is 0 Å². The Bertz CT molecular complexity index is 730. The summed E-state index contributed by atoms with van der Waals surface area (Å²) in [6.07, 6.45) is 0. The number of methoxy groups -OCH3 is 1. The van der Waals surface area contributed by atoms with Gasteiger partial charge in [-0.1, -0.05) is 11.8 Å². The lowest BCUT2D eigenvalue weighted by Crippen LogP contribution is -2.34. The van der Waals surface area contributed by atoms with Crippen LogP contribution in [0.2, 0.25) is 0 Å². The lowest BCUT2D eigenvalue weighted by Gasteiger charge is -2.09. The van der Waals surface area contributed by atoms with E-state index >= 15 is 0 Å². The van der Waals surface area contributed by atoms with E-state index in [-0.39, 0.29) is 17.6 Å². The van der Waals surface area contributed by atoms with Crippen molar-refractivity contribution < 1.29 is 14.3 Å². The van der Waals surface area contributed by atoms with E-state index in [1.165, 1.54) is 18.7 Å². The summed E-state index contributed by atoms with van der Waals surface area (Å²) in [5.41, 5.74) is 0.900. The minimum Gasteiger partial charge on any atom is -0.497 e. The highest BCUT2D eigenvalue weighted by Gasteiger charge is 2.13. The molecule has 0 saturated heterocycles. The van der Waals surface area contributed by atoms with Crippen LogP contribution in [0.25, 0.3) is 5.69 Å². The first-order valence-corrected chi connectivity index (χ1v) is 8.70. The molecule has 0 fully saturated rings. The summed E-state index contributed by atoms with van der Waals surface area (Å²) >= 11 is 1.30. The zero-order valence-corrected chi connectivity index (χ0v) is 15.2. The molecule has 8 nitrogen and oxygen atoms in total. The maximum atomic E-state index is 11.9. The van der Waals surface area contributed by atoms with Crippen LogP contribution in [-0.2, 0) is 9.59 Å². The van der Waals surface area contributed by atoms with Crippen molar-refractivity contribution in [1.82, 2.24) is 25.4 Å². The van der Waals surface area contributed by atoms with Crippen LogP contribution in [0.3, 0.4) is 0 Å². The summed E-state index contributed by atoms with van der Waals surface area (Å²) in [6, 6.07) is 7.54. The smallest absolute Gasteiger partial charge is 0.230 e. The highest BCUT2D eigenvalue weighted by atomic mass is 32.2. The molecule has 1 heterocycles. The number of nitrogens with one attached hydrogen (secondary N) is 2. The van der Waals surface area contributed by atoms with Crippen LogP contribution in [0.1, 0.15) is 12.7 Å². The Labute approximate surface area is 150 Å². The van der Waals surface area contributed by atoms with E-state index in [1.54, 1.807) is 7.11 Å². The van der Waals surface area contributed by atoms with Crippen molar-refractivity contribution in [3.63, 3.8) is 0 Å². The van der Waals surface area contributed by atoms with Gasteiger partial charge in [-0.25, -0.2) is 0 Å². The van der Waals surface area contributed by atoms with Gasteiger partial charge >= 0.3 is 0 Å². The lowest BCUT2D eigenvalue weighted by atomic mass is 10.3. The number of carbonyl (C=O) groups excluding carboxylic acids is 2. The average molecular weight is 363 g/mol. The molecule has 0 aliphatic carbocycles. The quantitative estimate of drug-likeness (QED) is 0.535. The fourth-order valence-electron chi connectivity index (χ4n) is 2.09. The molecule has 9 heteroatoms. The van der Waals surface area contributed by atoms with Crippen molar-refractivity contribution in [2.45, 2.75) is 19.0 Å². The number of hydrogen-bond acceptors (Lipinski definition) is 6. The number of thioether (sulfide) groups is 1. The van der Waals surface area contributed by atoms with Crippen LogP contribution >= 0.6 is 11.8 Å². The molecule has 0 bridgehead atoms. The summed E-state index contributed by atoms with van der Waals surface area (Å²) in [7, 11) is 1.62. The van der Waals surface area contributed by atoms with Gasteiger partial charge in [0, 0.05) is 25.7 Å². The molecule has 2 N–H and O–H groups in total. The molecule has 2 aromatic rings. The first-order chi connectivity index (χ1) is 12.0. The standard InChI is InChI=1S/C16H21N5O3S/c1-11-19-20-16(21(11)13-4-6-14(24-3)7-5-13)25-10-15(23)18-9-8-17-12(2)22/h4-7H,8-10H2,1-3H3,(H,17,22)(H,18,23). The second-order valence-electron chi connectivity index (χ2n) is 5.18. The zero-order valence-electron chi connectivity index (χ0n) is 14.4. The highest BCUT2D eigenvalue weighted by Crippen LogP contribution is 2.23. The van der Waals surface area contributed by atoms with Crippen molar-refractivity contribution in [3.05, 3.63) is 30.1 Å². The third-order valence-electron chi connectivity index (χ3n) is 3.28. The molecule has 1 aromatic carbocycles. The summed E-state index contributed by atoms with van der Waals surface area (Å²) < 4.78 is 7.05. The normalized spacial score (nSPS) is 10.4. The van der Waals surface area contributed by atoms with Crippen molar-refractivity contribution >= 4 is 23.6 Å². The summed E-state index contributed by atoms with van der Waals surface area (Å²) in [5.74, 6) is 1.47. The minimum atomic E-state index is -0.128. The number of rotatable bonds is 8. The Balaban J connectivity index is 1.94. The van der Waals surface area contributed by atoms with E-state index in [0.717, 1.165) is 17.3 Å². The summed E-state index contributed by atoms with van der Waals surface area (Å²) in [4.78, 5) is 22.6. The molecule has 25 heavy (non-hydrogen) atoms. The third-order valence-corrected chi connectivity index (χ3v) is 4.21. The van der Waals surface area contributed by atoms with Crippen LogP contribution in [0.15, 0.2) is 29.4 Å². The van der Waals surface area contributed by atoms with Crippen LogP contribution < -0.4 is 15.4 Å². The highest BCUT2D eigenvalue weighted by molar-refractivity contribution is 7.99. The molecule has 0 saturated carbocycles. The van der Waals surface area contributed by atoms with Crippen molar-refractivity contribution in [1.29, 1.82) is 0 Å². The topological polar surface area (TPSA) is 98.1 Å². The number of hydrogen-bond donors (Lipinski definition) is 2. The molecule has 2 rings (SSSR count). The van der Waals surface area contributed by atoms with Crippen molar-refractivity contribution in [2.24, 2.45) is 0 Å². The van der Waals surface area contributed by atoms with E-state index in [4.69, 9.17) is 4.74 Å². The molecule has 0 aliphatic rings. The van der Waals surface area contributed by atoms with Crippen molar-refractivity contribution in [3.8, 4) is 11.4 Å². The molecule has 0 spiro atoms. The second-order valence-corrected chi connectivity index (χ2v) is 6.13. The molecule has 0 unspecified atom stereocenters. The van der Waals surface area contributed by atoms with Crippen molar-refractivity contribution in [2.75, 3.05) is 26.0 Å². The number of benzene rings is 1. The Morgan fingerprint density at radius 3 is 2.48 bits per heavy atom. The van der Waals surface area contributed by atoms with Gasteiger partial charge in [-0.05, 0) is 31.2 Å². The predicted octanol–water partition coefficient (Wildman–Crippen LogP) is 0.929. The Morgan fingerprint density at radius 1 is 1.16 bits per heavy atom. The predicted molar refractivity (Wildman–Crippen MR) is 95.1 cm³/mol. The van der Waals surface area contributed by atoms with Gasteiger partial charge in [0.25, 0.3) is 0 Å². The lowest BCUT2D eigenvalue weighted by molar-refractivity contribution is -0.120. The molecule has 0 atom stereocenters. The third kappa shape index (κ3) is 5.49. The Hall–Kier alpha value is -2.55. The van der Waals surface area contributed by atoms with Crippen LogP contribution in [0, 0.1) is 6.92 Å². The number of nitrogens with zero attached hydrogens (tertiary/aromatic N) is 3. The first-order valence-electron chi connectivity index (χ1n) is 7.71. The number of ether oxygens (including phenoxy) is 1.